The average Bonchev–Trinajstić information content (AvgIpc) is 2.61. The molecule has 20 heavy (non-hydrogen) atoms. The third-order valence-corrected chi connectivity index (χ3v) is 3.84. The standard InChI is InChI=1S/C17H18N2O/c18-16-15-9-5-4-8-14(15)10-11-19(17(16)20)12-13-6-2-1-3-7-13/h1-9,16H,10-12,18H2/t16-/m1/s1. The summed E-state index contributed by atoms with van der Waals surface area (Å²) in [5, 5.41) is 0. The molecular formula is C17H18N2O. The van der Waals surface area contributed by atoms with Crippen LogP contribution in [0.3, 0.4) is 0 Å². The Bertz CT molecular complexity index is 609. The fourth-order valence-electron chi connectivity index (χ4n) is 2.72. The first-order valence-electron chi connectivity index (χ1n) is 6.92. The second-order valence-electron chi connectivity index (χ2n) is 5.17. The van der Waals surface area contributed by atoms with E-state index >= 15 is 0 Å². The van der Waals surface area contributed by atoms with Crippen LogP contribution in [0.5, 0.6) is 0 Å². The van der Waals surface area contributed by atoms with Gasteiger partial charge >= 0.3 is 0 Å². The molecule has 1 atom stereocenters. The summed E-state index contributed by atoms with van der Waals surface area (Å²) in [6, 6.07) is 17.5. The molecule has 2 N–H and O–H groups in total. The Labute approximate surface area is 119 Å². The number of rotatable bonds is 2. The molecule has 1 aliphatic heterocycles. The minimum atomic E-state index is -0.544. The Morgan fingerprint density at radius 1 is 1.05 bits per heavy atom. The van der Waals surface area contributed by atoms with Gasteiger partial charge in [-0.05, 0) is 23.1 Å². The number of amides is 1. The van der Waals surface area contributed by atoms with Gasteiger partial charge in [0.1, 0.15) is 6.04 Å². The van der Waals surface area contributed by atoms with Crippen molar-refractivity contribution < 1.29 is 4.79 Å². The van der Waals surface area contributed by atoms with Crippen molar-refractivity contribution >= 4 is 5.91 Å². The van der Waals surface area contributed by atoms with Crippen molar-refractivity contribution in [2.24, 2.45) is 5.73 Å². The second-order valence-corrected chi connectivity index (χ2v) is 5.17. The van der Waals surface area contributed by atoms with Gasteiger partial charge in [-0.3, -0.25) is 4.79 Å². The predicted octanol–water partition coefficient (Wildman–Crippen LogP) is 2.27. The third-order valence-electron chi connectivity index (χ3n) is 3.84. The molecule has 3 heteroatoms. The van der Waals surface area contributed by atoms with Crippen molar-refractivity contribution in [2.45, 2.75) is 19.0 Å². The van der Waals surface area contributed by atoms with Crippen molar-refractivity contribution in [3.05, 3.63) is 71.3 Å². The van der Waals surface area contributed by atoms with Crippen molar-refractivity contribution in [1.29, 1.82) is 0 Å². The fraction of sp³-hybridized carbons (Fsp3) is 0.235. The van der Waals surface area contributed by atoms with Gasteiger partial charge in [0.15, 0.2) is 0 Å². The lowest BCUT2D eigenvalue weighted by Crippen LogP contribution is -2.37. The fourth-order valence-corrected chi connectivity index (χ4v) is 2.72. The lowest BCUT2D eigenvalue weighted by molar-refractivity contribution is -0.133. The SMILES string of the molecule is N[C@H]1C(=O)N(Cc2ccccc2)CCc2ccccc21. The van der Waals surface area contributed by atoms with Crippen molar-refractivity contribution in [2.75, 3.05) is 6.54 Å². The van der Waals surface area contributed by atoms with Crippen molar-refractivity contribution in [3.63, 3.8) is 0 Å². The molecule has 3 nitrogen and oxygen atoms in total. The molecule has 0 aliphatic carbocycles. The number of nitrogens with two attached hydrogens (primary N) is 1. The maximum absolute atomic E-state index is 12.5. The van der Waals surface area contributed by atoms with Gasteiger partial charge in [0, 0.05) is 13.1 Å². The van der Waals surface area contributed by atoms with Crippen LogP contribution in [0.4, 0.5) is 0 Å². The molecule has 0 saturated heterocycles. The van der Waals surface area contributed by atoms with Crippen LogP contribution in [0.25, 0.3) is 0 Å². The normalized spacial score (nSPS) is 18.6. The number of fused-ring (bicyclic) bond motifs is 1. The van der Waals surface area contributed by atoms with Crippen LogP contribution >= 0.6 is 0 Å². The maximum Gasteiger partial charge on any atom is 0.244 e. The highest BCUT2D eigenvalue weighted by Gasteiger charge is 2.27. The van der Waals surface area contributed by atoms with Crippen molar-refractivity contribution in [3.8, 4) is 0 Å². The highest BCUT2D eigenvalue weighted by molar-refractivity contribution is 5.84. The Morgan fingerprint density at radius 2 is 1.75 bits per heavy atom. The van der Waals surface area contributed by atoms with Gasteiger partial charge in [-0.2, -0.15) is 0 Å². The van der Waals surface area contributed by atoms with Gasteiger partial charge in [-0.1, -0.05) is 54.6 Å². The van der Waals surface area contributed by atoms with Crippen LogP contribution in [0.1, 0.15) is 22.7 Å². The number of benzene rings is 2. The van der Waals surface area contributed by atoms with E-state index in [1.165, 1.54) is 5.56 Å². The molecule has 1 aliphatic rings. The molecule has 0 saturated carbocycles. The molecule has 0 aromatic heterocycles. The number of hydrogen-bond acceptors (Lipinski definition) is 2. The van der Waals surface area contributed by atoms with E-state index in [0.29, 0.717) is 6.54 Å². The van der Waals surface area contributed by atoms with Gasteiger partial charge in [-0.25, -0.2) is 0 Å². The zero-order valence-corrected chi connectivity index (χ0v) is 11.3. The van der Waals surface area contributed by atoms with Crippen LogP contribution in [-0.4, -0.2) is 17.4 Å². The molecule has 2 aromatic carbocycles. The molecule has 1 heterocycles. The summed E-state index contributed by atoms with van der Waals surface area (Å²) in [6.45, 7) is 1.35. The predicted molar refractivity (Wildman–Crippen MR) is 78.9 cm³/mol. The number of carbonyl (C=O) groups is 1. The minimum Gasteiger partial charge on any atom is -0.336 e. The molecule has 1 amide bonds. The summed E-state index contributed by atoms with van der Waals surface area (Å²) in [5.74, 6) is 0.0128. The first kappa shape index (κ1) is 12.9. The van der Waals surface area contributed by atoms with Crippen LogP contribution in [0.15, 0.2) is 54.6 Å². The van der Waals surface area contributed by atoms with Crippen LogP contribution in [0, 0.1) is 0 Å². The lowest BCUT2D eigenvalue weighted by atomic mass is 10.00. The maximum atomic E-state index is 12.5. The number of carbonyl (C=O) groups excluding carboxylic acids is 1. The van der Waals surface area contributed by atoms with E-state index in [1.807, 2.05) is 53.4 Å². The van der Waals surface area contributed by atoms with E-state index in [-0.39, 0.29) is 5.91 Å². The summed E-state index contributed by atoms with van der Waals surface area (Å²) >= 11 is 0. The first-order valence-corrected chi connectivity index (χ1v) is 6.92. The molecule has 0 spiro atoms. The summed E-state index contributed by atoms with van der Waals surface area (Å²) in [4.78, 5) is 14.4. The Morgan fingerprint density at radius 3 is 2.55 bits per heavy atom. The number of nitrogens with zero attached hydrogens (tertiary/aromatic N) is 1. The molecule has 0 unspecified atom stereocenters. The topological polar surface area (TPSA) is 46.3 Å². The Kier molecular flexibility index (Phi) is 3.52. The van der Waals surface area contributed by atoms with Gasteiger partial charge in [0.05, 0.1) is 0 Å². The van der Waals surface area contributed by atoms with Crippen LogP contribution in [0.2, 0.25) is 0 Å². The average molecular weight is 266 g/mol. The number of hydrogen-bond donors (Lipinski definition) is 1. The molecule has 0 fully saturated rings. The van der Waals surface area contributed by atoms with E-state index in [4.69, 9.17) is 5.73 Å². The lowest BCUT2D eigenvalue weighted by Gasteiger charge is -2.23. The van der Waals surface area contributed by atoms with Crippen molar-refractivity contribution in [1.82, 2.24) is 4.90 Å². The Balaban J connectivity index is 1.84. The largest absolute Gasteiger partial charge is 0.336 e. The quantitative estimate of drug-likeness (QED) is 0.906. The highest BCUT2D eigenvalue weighted by Crippen LogP contribution is 2.23. The van der Waals surface area contributed by atoms with E-state index < -0.39 is 6.04 Å². The van der Waals surface area contributed by atoms with Gasteiger partial charge in [0.2, 0.25) is 5.91 Å². The first-order chi connectivity index (χ1) is 9.75. The zero-order valence-electron chi connectivity index (χ0n) is 11.3. The molecular weight excluding hydrogens is 248 g/mol. The summed E-state index contributed by atoms with van der Waals surface area (Å²) in [6.07, 6.45) is 0.864. The highest BCUT2D eigenvalue weighted by atomic mass is 16.2. The zero-order chi connectivity index (χ0) is 13.9. The van der Waals surface area contributed by atoms with Gasteiger partial charge in [0.25, 0.3) is 0 Å². The molecule has 3 rings (SSSR count). The van der Waals surface area contributed by atoms with E-state index in [9.17, 15) is 4.79 Å². The smallest absolute Gasteiger partial charge is 0.244 e. The summed E-state index contributed by atoms with van der Waals surface area (Å²) < 4.78 is 0. The van der Waals surface area contributed by atoms with E-state index in [1.54, 1.807) is 0 Å². The van der Waals surface area contributed by atoms with Crippen LogP contribution in [-0.2, 0) is 17.8 Å². The molecule has 0 radical (unpaired) electrons. The van der Waals surface area contributed by atoms with E-state index in [0.717, 1.165) is 24.1 Å². The third kappa shape index (κ3) is 2.45. The summed E-state index contributed by atoms with van der Waals surface area (Å²) in [5.41, 5.74) is 9.43. The Hall–Kier alpha value is -2.13. The molecule has 0 bridgehead atoms. The summed E-state index contributed by atoms with van der Waals surface area (Å²) in [7, 11) is 0. The van der Waals surface area contributed by atoms with Crippen LogP contribution < -0.4 is 5.73 Å². The molecule has 102 valence electrons. The van der Waals surface area contributed by atoms with Gasteiger partial charge < -0.3 is 10.6 Å². The minimum absolute atomic E-state index is 0.0128. The second kappa shape index (κ2) is 5.47. The van der Waals surface area contributed by atoms with E-state index in [2.05, 4.69) is 6.07 Å². The monoisotopic (exact) mass is 266 g/mol. The molecule has 2 aromatic rings. The van der Waals surface area contributed by atoms with Gasteiger partial charge in [-0.15, -0.1) is 0 Å².